The number of ether oxygens (including phenoxy) is 1. The number of carbonyl (C=O) groups excluding carboxylic acids is 1. The Bertz CT molecular complexity index is 540. The number of hydrogen-bond donors (Lipinski definition) is 1. The molecule has 0 radical (unpaired) electrons. The fourth-order valence-electron chi connectivity index (χ4n) is 3.99. The Kier molecular flexibility index (Phi) is 3.45. The van der Waals surface area contributed by atoms with E-state index in [1.165, 1.54) is 12.1 Å². The lowest BCUT2D eigenvalue weighted by atomic mass is 9.91. The number of alkyl carbamates (subject to hydrolysis) is 1. The summed E-state index contributed by atoms with van der Waals surface area (Å²) in [4.78, 5) is 16.4. The molecule has 5 nitrogen and oxygen atoms in total. The normalized spacial score (nSPS) is 27.9. The van der Waals surface area contributed by atoms with Crippen molar-refractivity contribution in [3.63, 3.8) is 0 Å². The van der Waals surface area contributed by atoms with Crippen LogP contribution >= 0.6 is 0 Å². The largest absolute Gasteiger partial charge is 0.441 e. The third-order valence-corrected chi connectivity index (χ3v) is 5.37. The van der Waals surface area contributed by atoms with E-state index < -0.39 is 0 Å². The molecule has 3 heterocycles. The number of amides is 1. The second kappa shape index (κ2) is 5.47. The number of nitrogens with one attached hydrogen (secondary N) is 1. The number of para-hydroxylation sites is 1. The SMILES string of the molecule is O=C1NCC2(CCN(C3CCN(c4ccccc4)C3)CC2)O1. The van der Waals surface area contributed by atoms with E-state index in [1.54, 1.807) is 0 Å². The molecule has 5 heteroatoms. The van der Waals surface area contributed by atoms with Crippen LogP contribution in [0, 0.1) is 0 Å². The maximum absolute atomic E-state index is 11.3. The second-order valence-corrected chi connectivity index (χ2v) is 6.69. The topological polar surface area (TPSA) is 44.8 Å². The van der Waals surface area contributed by atoms with Crippen LogP contribution in [-0.4, -0.2) is 55.4 Å². The molecule has 22 heavy (non-hydrogen) atoms. The van der Waals surface area contributed by atoms with Crippen LogP contribution in [0.25, 0.3) is 0 Å². The number of hydrogen-bond acceptors (Lipinski definition) is 4. The highest BCUT2D eigenvalue weighted by Crippen LogP contribution is 2.32. The Morgan fingerprint density at radius 2 is 1.91 bits per heavy atom. The molecule has 1 spiro atoms. The Hall–Kier alpha value is -1.75. The third kappa shape index (κ3) is 2.54. The highest BCUT2D eigenvalue weighted by Gasteiger charge is 2.44. The predicted octanol–water partition coefficient (Wildman–Crippen LogP) is 1.84. The monoisotopic (exact) mass is 301 g/mol. The number of carbonyl (C=O) groups is 1. The summed E-state index contributed by atoms with van der Waals surface area (Å²) in [5.41, 5.74) is 1.10. The fourth-order valence-corrected chi connectivity index (χ4v) is 3.99. The molecule has 118 valence electrons. The number of anilines is 1. The second-order valence-electron chi connectivity index (χ2n) is 6.69. The molecule has 1 aromatic rings. The zero-order chi connectivity index (χ0) is 15.0. The van der Waals surface area contributed by atoms with Gasteiger partial charge in [-0.1, -0.05) is 18.2 Å². The van der Waals surface area contributed by atoms with Gasteiger partial charge < -0.3 is 15.0 Å². The van der Waals surface area contributed by atoms with Crippen LogP contribution in [0.2, 0.25) is 0 Å². The first-order chi connectivity index (χ1) is 10.7. The Balaban J connectivity index is 1.34. The minimum Gasteiger partial charge on any atom is -0.441 e. The number of nitrogens with zero attached hydrogens (tertiary/aromatic N) is 2. The van der Waals surface area contributed by atoms with E-state index >= 15 is 0 Å². The summed E-state index contributed by atoms with van der Waals surface area (Å²) in [6.45, 7) is 4.98. The van der Waals surface area contributed by atoms with E-state index in [1.807, 2.05) is 0 Å². The molecular formula is C17H23N3O2. The lowest BCUT2D eigenvalue weighted by molar-refractivity contribution is -0.00761. The van der Waals surface area contributed by atoms with Crippen LogP contribution in [0.3, 0.4) is 0 Å². The lowest BCUT2D eigenvalue weighted by Crippen LogP contribution is -2.50. The van der Waals surface area contributed by atoms with Crippen LogP contribution in [0.5, 0.6) is 0 Å². The summed E-state index contributed by atoms with van der Waals surface area (Å²) in [6, 6.07) is 11.3. The quantitative estimate of drug-likeness (QED) is 0.905. The summed E-state index contributed by atoms with van der Waals surface area (Å²) in [6.07, 6.45) is 2.88. The molecule has 3 aliphatic rings. The van der Waals surface area contributed by atoms with Gasteiger partial charge in [0.2, 0.25) is 0 Å². The first-order valence-corrected chi connectivity index (χ1v) is 8.25. The number of piperidine rings is 1. The van der Waals surface area contributed by atoms with Gasteiger partial charge in [0.25, 0.3) is 0 Å². The van der Waals surface area contributed by atoms with Crippen molar-refractivity contribution in [2.24, 2.45) is 0 Å². The van der Waals surface area contributed by atoms with Crippen LogP contribution < -0.4 is 10.2 Å². The molecule has 1 atom stereocenters. The Morgan fingerprint density at radius 1 is 1.14 bits per heavy atom. The van der Waals surface area contributed by atoms with Gasteiger partial charge >= 0.3 is 6.09 Å². The summed E-state index contributed by atoms with van der Waals surface area (Å²) in [5, 5.41) is 2.81. The first kappa shape index (κ1) is 13.9. The van der Waals surface area contributed by atoms with Crippen molar-refractivity contribution >= 4 is 11.8 Å². The molecule has 4 rings (SSSR count). The standard InChI is InChI=1S/C17H23N3O2/c21-16-18-13-17(22-16)7-10-19(11-8-17)15-6-9-20(12-15)14-4-2-1-3-5-14/h1-5,15H,6-13H2,(H,18,21). The van der Waals surface area contributed by atoms with E-state index in [9.17, 15) is 4.79 Å². The molecule has 3 fully saturated rings. The van der Waals surface area contributed by atoms with Crippen molar-refractivity contribution in [1.82, 2.24) is 10.2 Å². The number of benzene rings is 1. The zero-order valence-electron chi connectivity index (χ0n) is 12.8. The van der Waals surface area contributed by atoms with Gasteiger partial charge in [-0.15, -0.1) is 0 Å². The minimum absolute atomic E-state index is 0.231. The summed E-state index contributed by atoms with van der Waals surface area (Å²) >= 11 is 0. The predicted molar refractivity (Wildman–Crippen MR) is 85.1 cm³/mol. The molecule has 1 amide bonds. The van der Waals surface area contributed by atoms with Gasteiger partial charge in [-0.05, 0) is 18.6 Å². The van der Waals surface area contributed by atoms with E-state index in [2.05, 4.69) is 45.4 Å². The highest BCUT2D eigenvalue weighted by molar-refractivity contribution is 5.70. The molecule has 3 aliphatic heterocycles. The maximum Gasteiger partial charge on any atom is 0.407 e. The molecular weight excluding hydrogens is 278 g/mol. The molecule has 3 saturated heterocycles. The van der Waals surface area contributed by atoms with E-state index in [0.717, 1.165) is 39.0 Å². The van der Waals surface area contributed by atoms with Crippen molar-refractivity contribution in [3.8, 4) is 0 Å². The summed E-state index contributed by atoms with van der Waals surface area (Å²) in [7, 11) is 0. The number of likely N-dealkylation sites (tertiary alicyclic amines) is 1. The highest BCUT2D eigenvalue weighted by atomic mass is 16.6. The van der Waals surface area contributed by atoms with Crippen LogP contribution in [0.4, 0.5) is 10.5 Å². The summed E-state index contributed by atoms with van der Waals surface area (Å²) in [5.74, 6) is 0. The molecule has 0 aliphatic carbocycles. The lowest BCUT2D eigenvalue weighted by Gasteiger charge is -2.39. The summed E-state index contributed by atoms with van der Waals surface area (Å²) < 4.78 is 5.50. The van der Waals surface area contributed by atoms with E-state index in [4.69, 9.17) is 4.74 Å². The van der Waals surface area contributed by atoms with Gasteiger partial charge in [-0.25, -0.2) is 4.79 Å². The fraction of sp³-hybridized carbons (Fsp3) is 0.588. The molecule has 0 saturated carbocycles. The first-order valence-electron chi connectivity index (χ1n) is 8.25. The van der Waals surface area contributed by atoms with E-state index in [0.29, 0.717) is 12.6 Å². The van der Waals surface area contributed by atoms with Gasteiger partial charge in [-0.2, -0.15) is 0 Å². The van der Waals surface area contributed by atoms with Crippen molar-refractivity contribution in [1.29, 1.82) is 0 Å². The number of rotatable bonds is 2. The van der Waals surface area contributed by atoms with Crippen LogP contribution in [0.15, 0.2) is 30.3 Å². The van der Waals surface area contributed by atoms with Crippen molar-refractivity contribution in [2.45, 2.75) is 30.9 Å². The smallest absolute Gasteiger partial charge is 0.407 e. The molecule has 0 aromatic heterocycles. The maximum atomic E-state index is 11.3. The van der Waals surface area contributed by atoms with Crippen LogP contribution in [-0.2, 0) is 4.74 Å². The van der Waals surface area contributed by atoms with Crippen molar-refractivity contribution < 1.29 is 9.53 Å². The van der Waals surface area contributed by atoms with Crippen LogP contribution in [0.1, 0.15) is 19.3 Å². The molecule has 1 aromatic carbocycles. The molecule has 1 N–H and O–H groups in total. The van der Waals surface area contributed by atoms with Gasteiger partial charge in [0.05, 0.1) is 6.54 Å². The van der Waals surface area contributed by atoms with Gasteiger partial charge in [0.1, 0.15) is 5.60 Å². The van der Waals surface area contributed by atoms with Gasteiger partial charge in [0, 0.05) is 50.7 Å². The average molecular weight is 301 g/mol. The van der Waals surface area contributed by atoms with Gasteiger partial charge in [0.15, 0.2) is 0 Å². The average Bonchev–Trinajstić information content (AvgIpc) is 3.17. The van der Waals surface area contributed by atoms with E-state index in [-0.39, 0.29) is 11.7 Å². The van der Waals surface area contributed by atoms with Gasteiger partial charge in [-0.3, -0.25) is 4.90 Å². The minimum atomic E-state index is -0.246. The molecule has 0 bridgehead atoms. The molecule has 1 unspecified atom stereocenters. The Labute approximate surface area is 131 Å². The van der Waals surface area contributed by atoms with Crippen molar-refractivity contribution in [3.05, 3.63) is 30.3 Å². The third-order valence-electron chi connectivity index (χ3n) is 5.37. The zero-order valence-corrected chi connectivity index (χ0v) is 12.8. The van der Waals surface area contributed by atoms with Crippen molar-refractivity contribution in [2.75, 3.05) is 37.6 Å². The Morgan fingerprint density at radius 3 is 2.59 bits per heavy atom.